The predicted octanol–water partition coefficient (Wildman–Crippen LogP) is 3.70. The van der Waals surface area contributed by atoms with Crippen molar-refractivity contribution in [2.45, 2.75) is 0 Å². The Labute approximate surface area is 138 Å². The predicted molar refractivity (Wildman–Crippen MR) is 88.5 cm³/mol. The summed E-state index contributed by atoms with van der Waals surface area (Å²) < 4.78 is 0. The first-order chi connectivity index (χ1) is 10.5. The van der Waals surface area contributed by atoms with Gasteiger partial charge in [0.15, 0.2) is 0 Å². The quantitative estimate of drug-likeness (QED) is 0.925. The number of halogens is 2. The van der Waals surface area contributed by atoms with E-state index in [0.717, 1.165) is 0 Å². The zero-order valence-electron chi connectivity index (χ0n) is 11.8. The molecule has 2 amide bonds. The Kier molecular flexibility index (Phi) is 5.41. The van der Waals surface area contributed by atoms with Crippen molar-refractivity contribution in [3.8, 4) is 0 Å². The molecule has 0 aliphatic rings. The van der Waals surface area contributed by atoms with Crippen LogP contribution in [0.4, 0.5) is 5.69 Å². The number of nitrogens with one attached hydrogen (secondary N) is 1. The number of anilines is 1. The molecule has 0 unspecified atom stereocenters. The minimum atomic E-state index is -0.337. The van der Waals surface area contributed by atoms with E-state index >= 15 is 0 Å². The topological polar surface area (TPSA) is 49.4 Å². The molecule has 114 valence electrons. The van der Waals surface area contributed by atoms with Crippen molar-refractivity contribution in [3.05, 3.63) is 64.1 Å². The summed E-state index contributed by atoms with van der Waals surface area (Å²) in [6.45, 7) is -0.102. The molecule has 0 aliphatic heterocycles. The highest BCUT2D eigenvalue weighted by atomic mass is 35.5. The summed E-state index contributed by atoms with van der Waals surface area (Å²) in [5, 5.41) is 3.46. The van der Waals surface area contributed by atoms with E-state index in [1.165, 1.54) is 11.9 Å². The SMILES string of the molecule is CN(CC(=O)Nc1ccccc1Cl)C(=O)c1ccccc1Cl. The molecular weight excluding hydrogens is 323 g/mol. The van der Waals surface area contributed by atoms with Gasteiger partial charge < -0.3 is 10.2 Å². The number of hydrogen-bond acceptors (Lipinski definition) is 2. The Morgan fingerprint density at radius 2 is 1.59 bits per heavy atom. The van der Waals surface area contributed by atoms with Crippen molar-refractivity contribution in [1.82, 2.24) is 4.90 Å². The smallest absolute Gasteiger partial charge is 0.255 e. The second kappa shape index (κ2) is 7.29. The van der Waals surface area contributed by atoms with Crippen molar-refractivity contribution in [2.24, 2.45) is 0 Å². The fourth-order valence-corrected chi connectivity index (χ4v) is 2.28. The molecule has 2 aromatic rings. The summed E-state index contributed by atoms with van der Waals surface area (Å²) in [6, 6.07) is 13.6. The molecule has 0 heterocycles. The Morgan fingerprint density at radius 1 is 1.00 bits per heavy atom. The van der Waals surface area contributed by atoms with Gasteiger partial charge in [-0.1, -0.05) is 47.5 Å². The molecule has 0 aromatic heterocycles. The molecule has 6 heteroatoms. The first-order valence-corrected chi connectivity index (χ1v) is 7.29. The van der Waals surface area contributed by atoms with Gasteiger partial charge in [0.1, 0.15) is 0 Å². The molecule has 0 fully saturated rings. The number of nitrogens with zero attached hydrogens (tertiary/aromatic N) is 1. The fraction of sp³-hybridized carbons (Fsp3) is 0.125. The minimum Gasteiger partial charge on any atom is -0.332 e. The molecule has 0 radical (unpaired) electrons. The lowest BCUT2D eigenvalue weighted by molar-refractivity contribution is -0.116. The molecule has 0 aliphatic carbocycles. The third kappa shape index (κ3) is 4.00. The minimum absolute atomic E-state index is 0.102. The number of hydrogen-bond donors (Lipinski definition) is 1. The highest BCUT2D eigenvalue weighted by Gasteiger charge is 2.17. The van der Waals surface area contributed by atoms with E-state index in [-0.39, 0.29) is 18.4 Å². The highest BCUT2D eigenvalue weighted by Crippen LogP contribution is 2.20. The van der Waals surface area contributed by atoms with Gasteiger partial charge >= 0.3 is 0 Å². The van der Waals surface area contributed by atoms with Crippen LogP contribution < -0.4 is 5.32 Å². The summed E-state index contributed by atoms with van der Waals surface area (Å²) in [6.07, 6.45) is 0. The summed E-state index contributed by atoms with van der Waals surface area (Å²) in [4.78, 5) is 25.6. The van der Waals surface area contributed by atoms with Crippen molar-refractivity contribution < 1.29 is 9.59 Å². The number of benzene rings is 2. The van der Waals surface area contributed by atoms with Gasteiger partial charge in [-0.3, -0.25) is 9.59 Å². The number of amides is 2. The molecule has 22 heavy (non-hydrogen) atoms. The van der Waals surface area contributed by atoms with Crippen LogP contribution in [0.15, 0.2) is 48.5 Å². The average Bonchev–Trinajstić information content (AvgIpc) is 2.49. The number of carbonyl (C=O) groups is 2. The molecule has 0 saturated heterocycles. The number of likely N-dealkylation sites (N-methyl/N-ethyl adjacent to an activating group) is 1. The van der Waals surface area contributed by atoms with Gasteiger partial charge in [-0.05, 0) is 24.3 Å². The Morgan fingerprint density at radius 3 is 2.23 bits per heavy atom. The fourth-order valence-electron chi connectivity index (χ4n) is 1.88. The summed E-state index contributed by atoms with van der Waals surface area (Å²) in [7, 11) is 1.54. The molecule has 0 atom stereocenters. The van der Waals surface area contributed by atoms with Gasteiger partial charge in [-0.2, -0.15) is 0 Å². The van der Waals surface area contributed by atoms with Crippen molar-refractivity contribution >= 4 is 40.7 Å². The van der Waals surface area contributed by atoms with Crippen molar-refractivity contribution in [2.75, 3.05) is 18.9 Å². The average molecular weight is 337 g/mol. The Bertz CT molecular complexity index is 704. The van der Waals surface area contributed by atoms with E-state index in [2.05, 4.69) is 5.32 Å². The monoisotopic (exact) mass is 336 g/mol. The lowest BCUT2D eigenvalue weighted by atomic mass is 10.2. The Balaban J connectivity index is 2.01. The maximum absolute atomic E-state index is 12.3. The molecule has 1 N–H and O–H groups in total. The molecule has 2 aromatic carbocycles. The molecule has 2 rings (SSSR count). The van der Waals surface area contributed by atoms with E-state index in [9.17, 15) is 9.59 Å². The third-order valence-corrected chi connectivity index (χ3v) is 3.64. The summed E-state index contributed by atoms with van der Waals surface area (Å²) >= 11 is 12.0. The van der Waals surface area contributed by atoms with Gasteiger partial charge in [-0.25, -0.2) is 0 Å². The zero-order valence-corrected chi connectivity index (χ0v) is 13.4. The van der Waals surface area contributed by atoms with Crippen LogP contribution in [0.25, 0.3) is 0 Å². The van der Waals surface area contributed by atoms with Crippen LogP contribution in [0.2, 0.25) is 10.0 Å². The van der Waals surface area contributed by atoms with Crippen LogP contribution in [-0.4, -0.2) is 30.3 Å². The van der Waals surface area contributed by atoms with Crippen molar-refractivity contribution in [3.63, 3.8) is 0 Å². The number of rotatable bonds is 4. The maximum atomic E-state index is 12.3. The summed E-state index contributed by atoms with van der Waals surface area (Å²) in [5.74, 6) is -0.657. The lowest BCUT2D eigenvalue weighted by Gasteiger charge is -2.17. The van der Waals surface area contributed by atoms with E-state index in [0.29, 0.717) is 21.3 Å². The first kappa shape index (κ1) is 16.3. The third-order valence-electron chi connectivity index (χ3n) is 2.98. The van der Waals surface area contributed by atoms with Crippen LogP contribution in [-0.2, 0) is 4.79 Å². The zero-order chi connectivity index (χ0) is 16.1. The highest BCUT2D eigenvalue weighted by molar-refractivity contribution is 6.34. The van der Waals surface area contributed by atoms with Crippen LogP contribution in [0.1, 0.15) is 10.4 Å². The van der Waals surface area contributed by atoms with Crippen LogP contribution in [0, 0.1) is 0 Å². The van der Waals surface area contributed by atoms with Gasteiger partial charge in [0.25, 0.3) is 5.91 Å². The number of para-hydroxylation sites is 1. The van der Waals surface area contributed by atoms with E-state index in [4.69, 9.17) is 23.2 Å². The number of carbonyl (C=O) groups excluding carboxylic acids is 2. The van der Waals surface area contributed by atoms with Gasteiger partial charge in [-0.15, -0.1) is 0 Å². The molecule has 0 saturated carbocycles. The van der Waals surface area contributed by atoms with Gasteiger partial charge in [0, 0.05) is 7.05 Å². The second-order valence-electron chi connectivity index (χ2n) is 4.67. The summed E-state index contributed by atoms with van der Waals surface area (Å²) in [5.41, 5.74) is 0.866. The van der Waals surface area contributed by atoms with Gasteiger partial charge in [0.05, 0.1) is 27.8 Å². The van der Waals surface area contributed by atoms with Crippen molar-refractivity contribution in [1.29, 1.82) is 0 Å². The molecule has 0 bridgehead atoms. The van der Waals surface area contributed by atoms with Crippen LogP contribution >= 0.6 is 23.2 Å². The van der Waals surface area contributed by atoms with E-state index in [1.807, 2.05) is 0 Å². The van der Waals surface area contributed by atoms with Gasteiger partial charge in [0.2, 0.25) is 5.91 Å². The standard InChI is InChI=1S/C16H14Cl2N2O2/c1-20(16(22)11-6-2-3-7-12(11)17)10-15(21)19-14-9-5-4-8-13(14)18/h2-9H,10H2,1H3,(H,19,21). The maximum Gasteiger partial charge on any atom is 0.255 e. The van der Waals surface area contributed by atoms with E-state index in [1.54, 1.807) is 48.5 Å². The van der Waals surface area contributed by atoms with E-state index < -0.39 is 0 Å². The Hall–Kier alpha value is -2.04. The largest absolute Gasteiger partial charge is 0.332 e. The molecule has 0 spiro atoms. The second-order valence-corrected chi connectivity index (χ2v) is 5.48. The molecule has 4 nitrogen and oxygen atoms in total. The lowest BCUT2D eigenvalue weighted by Crippen LogP contribution is -2.35. The normalized spacial score (nSPS) is 10.1. The van der Waals surface area contributed by atoms with Crippen LogP contribution in [0.3, 0.4) is 0 Å². The van der Waals surface area contributed by atoms with Crippen LogP contribution in [0.5, 0.6) is 0 Å². The first-order valence-electron chi connectivity index (χ1n) is 6.53. The molecular formula is C16H14Cl2N2O2.